The van der Waals surface area contributed by atoms with E-state index in [1.165, 1.54) is 6.07 Å². The molecule has 0 radical (unpaired) electrons. The molecule has 2 rings (SSSR count). The van der Waals surface area contributed by atoms with Gasteiger partial charge in [0.05, 0.1) is 5.56 Å². The van der Waals surface area contributed by atoms with Crippen molar-refractivity contribution in [3.05, 3.63) is 35.1 Å². The van der Waals surface area contributed by atoms with Gasteiger partial charge in [-0.3, -0.25) is 4.90 Å². The molecule has 106 valence electrons. The van der Waals surface area contributed by atoms with Crippen LogP contribution in [0.1, 0.15) is 24.0 Å². The molecule has 0 amide bonds. The van der Waals surface area contributed by atoms with Crippen molar-refractivity contribution in [2.45, 2.75) is 31.6 Å². The molecule has 1 unspecified atom stereocenters. The van der Waals surface area contributed by atoms with E-state index in [0.29, 0.717) is 12.6 Å². The molecule has 2 nitrogen and oxygen atoms in total. The van der Waals surface area contributed by atoms with Crippen LogP contribution < -0.4 is 5.73 Å². The van der Waals surface area contributed by atoms with E-state index in [9.17, 15) is 17.6 Å². The first kappa shape index (κ1) is 14.3. The SMILES string of the molecule is NC1CCCN(Cc2ccc(F)cc2C(F)(F)F)C1. The summed E-state index contributed by atoms with van der Waals surface area (Å²) in [7, 11) is 0. The highest BCUT2D eigenvalue weighted by molar-refractivity contribution is 5.30. The van der Waals surface area contributed by atoms with Crippen LogP contribution in [0.3, 0.4) is 0 Å². The Labute approximate surface area is 109 Å². The Balaban J connectivity index is 2.20. The molecular formula is C13H16F4N2. The highest BCUT2D eigenvalue weighted by Gasteiger charge is 2.34. The highest BCUT2D eigenvalue weighted by atomic mass is 19.4. The number of nitrogens with two attached hydrogens (primary N) is 1. The van der Waals surface area contributed by atoms with Gasteiger partial charge in [-0.15, -0.1) is 0 Å². The zero-order chi connectivity index (χ0) is 14.0. The normalized spacial score (nSPS) is 21.6. The van der Waals surface area contributed by atoms with Gasteiger partial charge in [-0.05, 0) is 37.1 Å². The van der Waals surface area contributed by atoms with Crippen LogP contribution >= 0.6 is 0 Å². The van der Waals surface area contributed by atoms with Crippen LogP contribution in [0.2, 0.25) is 0 Å². The number of likely N-dealkylation sites (tertiary alicyclic amines) is 1. The van der Waals surface area contributed by atoms with E-state index in [0.717, 1.165) is 25.5 Å². The minimum Gasteiger partial charge on any atom is -0.327 e. The quantitative estimate of drug-likeness (QED) is 0.842. The molecule has 2 N–H and O–H groups in total. The Bertz CT molecular complexity index is 445. The van der Waals surface area contributed by atoms with Crippen LogP contribution in [-0.2, 0) is 12.7 Å². The number of alkyl halides is 3. The second-order valence-electron chi connectivity index (χ2n) is 4.94. The average molecular weight is 276 g/mol. The first-order chi connectivity index (χ1) is 8.86. The summed E-state index contributed by atoms with van der Waals surface area (Å²) in [5.74, 6) is -0.869. The van der Waals surface area contributed by atoms with Gasteiger partial charge in [0, 0.05) is 19.1 Å². The van der Waals surface area contributed by atoms with Crippen molar-refractivity contribution >= 4 is 0 Å². The molecular weight excluding hydrogens is 260 g/mol. The highest BCUT2D eigenvalue weighted by Crippen LogP contribution is 2.33. The molecule has 0 aliphatic carbocycles. The number of halogens is 4. The van der Waals surface area contributed by atoms with Crippen LogP contribution in [0.15, 0.2) is 18.2 Å². The minimum absolute atomic E-state index is 0.00327. The molecule has 1 fully saturated rings. The molecule has 1 saturated heterocycles. The Morgan fingerprint density at radius 1 is 1.32 bits per heavy atom. The molecule has 1 aromatic carbocycles. The Hall–Kier alpha value is -1.14. The van der Waals surface area contributed by atoms with Gasteiger partial charge >= 0.3 is 6.18 Å². The van der Waals surface area contributed by atoms with E-state index >= 15 is 0 Å². The molecule has 1 aromatic rings. The molecule has 0 spiro atoms. The van der Waals surface area contributed by atoms with Crippen molar-refractivity contribution in [3.63, 3.8) is 0 Å². The summed E-state index contributed by atoms with van der Waals surface area (Å²) in [6.07, 6.45) is -2.76. The number of hydrogen-bond donors (Lipinski definition) is 1. The molecule has 6 heteroatoms. The van der Waals surface area contributed by atoms with Crippen LogP contribution in [0, 0.1) is 5.82 Å². The first-order valence-corrected chi connectivity index (χ1v) is 6.20. The summed E-state index contributed by atoms with van der Waals surface area (Å²) < 4.78 is 51.5. The van der Waals surface area contributed by atoms with Crippen LogP contribution in [0.25, 0.3) is 0 Å². The van der Waals surface area contributed by atoms with Crippen LogP contribution in [-0.4, -0.2) is 24.0 Å². The van der Waals surface area contributed by atoms with Crippen LogP contribution in [0.5, 0.6) is 0 Å². The molecule has 1 heterocycles. The first-order valence-electron chi connectivity index (χ1n) is 6.20. The van der Waals surface area contributed by atoms with Gasteiger partial charge in [-0.2, -0.15) is 13.2 Å². The lowest BCUT2D eigenvalue weighted by atomic mass is 10.0. The third kappa shape index (κ3) is 3.67. The third-order valence-corrected chi connectivity index (χ3v) is 3.31. The summed E-state index contributed by atoms with van der Waals surface area (Å²) in [6.45, 7) is 1.46. The lowest BCUT2D eigenvalue weighted by Gasteiger charge is -2.31. The second kappa shape index (κ2) is 5.46. The van der Waals surface area contributed by atoms with Crippen molar-refractivity contribution in [1.29, 1.82) is 0 Å². The summed E-state index contributed by atoms with van der Waals surface area (Å²) in [6, 6.07) is 2.83. The molecule has 1 aliphatic heterocycles. The van der Waals surface area contributed by atoms with Crippen molar-refractivity contribution < 1.29 is 17.6 Å². The number of piperidine rings is 1. The van der Waals surface area contributed by atoms with Gasteiger partial charge in [-0.1, -0.05) is 6.07 Å². The fourth-order valence-electron chi connectivity index (χ4n) is 2.43. The molecule has 0 saturated carbocycles. The topological polar surface area (TPSA) is 29.3 Å². The maximum atomic E-state index is 13.0. The molecule has 0 aromatic heterocycles. The molecule has 1 aliphatic rings. The minimum atomic E-state index is -4.53. The van der Waals surface area contributed by atoms with E-state index < -0.39 is 17.6 Å². The predicted octanol–water partition coefficient (Wildman–Crippen LogP) is 2.77. The third-order valence-electron chi connectivity index (χ3n) is 3.31. The van der Waals surface area contributed by atoms with Gasteiger partial charge < -0.3 is 5.73 Å². The second-order valence-corrected chi connectivity index (χ2v) is 4.94. The van der Waals surface area contributed by atoms with Gasteiger partial charge in [-0.25, -0.2) is 4.39 Å². The van der Waals surface area contributed by atoms with Gasteiger partial charge in [0.1, 0.15) is 5.82 Å². The summed E-state index contributed by atoms with van der Waals surface area (Å²) in [5, 5.41) is 0. The molecule has 0 bridgehead atoms. The fourth-order valence-corrected chi connectivity index (χ4v) is 2.43. The fraction of sp³-hybridized carbons (Fsp3) is 0.538. The van der Waals surface area contributed by atoms with Crippen molar-refractivity contribution in [2.24, 2.45) is 5.73 Å². The van der Waals surface area contributed by atoms with Crippen molar-refractivity contribution in [3.8, 4) is 0 Å². The number of nitrogens with zero attached hydrogens (tertiary/aromatic N) is 1. The lowest BCUT2D eigenvalue weighted by molar-refractivity contribution is -0.138. The largest absolute Gasteiger partial charge is 0.416 e. The van der Waals surface area contributed by atoms with Gasteiger partial charge in [0.25, 0.3) is 0 Å². The molecule has 19 heavy (non-hydrogen) atoms. The maximum absolute atomic E-state index is 13.0. The zero-order valence-electron chi connectivity index (χ0n) is 10.4. The number of benzene rings is 1. The Morgan fingerprint density at radius 2 is 2.05 bits per heavy atom. The molecule has 1 atom stereocenters. The monoisotopic (exact) mass is 276 g/mol. The van der Waals surface area contributed by atoms with Crippen LogP contribution in [0.4, 0.5) is 17.6 Å². The predicted molar refractivity (Wildman–Crippen MR) is 63.9 cm³/mol. The van der Waals surface area contributed by atoms with Gasteiger partial charge in [0.15, 0.2) is 0 Å². The van der Waals surface area contributed by atoms with E-state index in [4.69, 9.17) is 5.73 Å². The van der Waals surface area contributed by atoms with E-state index in [-0.39, 0.29) is 18.2 Å². The zero-order valence-corrected chi connectivity index (χ0v) is 10.4. The summed E-state index contributed by atoms with van der Waals surface area (Å²) in [5.41, 5.74) is 5.01. The Morgan fingerprint density at radius 3 is 2.68 bits per heavy atom. The smallest absolute Gasteiger partial charge is 0.327 e. The van der Waals surface area contributed by atoms with Gasteiger partial charge in [0.2, 0.25) is 0 Å². The lowest BCUT2D eigenvalue weighted by Crippen LogP contribution is -2.42. The van der Waals surface area contributed by atoms with Crippen molar-refractivity contribution in [1.82, 2.24) is 4.90 Å². The number of hydrogen-bond acceptors (Lipinski definition) is 2. The maximum Gasteiger partial charge on any atom is 0.416 e. The van der Waals surface area contributed by atoms with Crippen molar-refractivity contribution in [2.75, 3.05) is 13.1 Å². The summed E-state index contributed by atoms with van der Waals surface area (Å²) in [4.78, 5) is 1.89. The van der Waals surface area contributed by atoms with E-state index in [1.807, 2.05) is 4.90 Å². The van der Waals surface area contributed by atoms with E-state index in [1.54, 1.807) is 0 Å². The number of rotatable bonds is 2. The summed E-state index contributed by atoms with van der Waals surface area (Å²) >= 11 is 0. The average Bonchev–Trinajstić information content (AvgIpc) is 2.30. The standard InChI is InChI=1S/C13H16F4N2/c14-10-4-3-9(12(6-10)13(15,16)17)7-19-5-1-2-11(18)8-19/h3-4,6,11H,1-2,5,7-8,18H2. The Kier molecular flexibility index (Phi) is 4.10. The van der Waals surface area contributed by atoms with E-state index in [2.05, 4.69) is 0 Å².